The number of amidine groups is 1. The highest BCUT2D eigenvalue weighted by atomic mass is 35.5. The average Bonchev–Trinajstić information content (AvgIpc) is 2.48. The van der Waals surface area contributed by atoms with E-state index in [2.05, 4.69) is 26.8 Å². The van der Waals surface area contributed by atoms with E-state index in [9.17, 15) is 4.55 Å². The second-order valence-corrected chi connectivity index (χ2v) is 6.77. The molecule has 2 aliphatic rings. The highest BCUT2D eigenvalue weighted by molar-refractivity contribution is 8.06. The van der Waals surface area contributed by atoms with Crippen LogP contribution in [0.2, 0.25) is 0 Å². The Labute approximate surface area is 135 Å². The molecule has 2 aliphatic heterocycles. The lowest BCUT2D eigenvalue weighted by molar-refractivity contribution is 0.193. The van der Waals surface area contributed by atoms with Gasteiger partial charge in [0.1, 0.15) is 0 Å². The number of likely N-dealkylation sites (tertiary alicyclic amines) is 1. The van der Waals surface area contributed by atoms with E-state index in [1.54, 1.807) is 6.20 Å². The van der Waals surface area contributed by atoms with Crippen LogP contribution in [-0.2, 0) is 17.7 Å². The largest absolute Gasteiger partial charge is 0.603 e. The Balaban J connectivity index is 0.00000161. The molecule has 1 unspecified atom stereocenters. The first kappa shape index (κ1) is 16.5. The van der Waals surface area contributed by atoms with E-state index in [4.69, 9.17) is 0 Å². The molecule has 0 bridgehead atoms. The van der Waals surface area contributed by atoms with Crippen molar-refractivity contribution in [3.05, 3.63) is 23.9 Å². The quantitative estimate of drug-likeness (QED) is 0.733. The van der Waals surface area contributed by atoms with Gasteiger partial charge in [0.15, 0.2) is 0 Å². The molecule has 1 fully saturated rings. The summed E-state index contributed by atoms with van der Waals surface area (Å²) >= 11 is -1.24. The van der Waals surface area contributed by atoms with Crippen LogP contribution in [0, 0.1) is 0 Å². The fraction of sp³-hybridized carbons (Fsp3) is 0.571. The summed E-state index contributed by atoms with van der Waals surface area (Å²) in [5.41, 5.74) is 0.978. The number of aliphatic imine (C=N–C) groups is 1. The fourth-order valence-electron chi connectivity index (χ4n) is 2.79. The number of nitrogens with zero attached hydrogens (tertiary/aromatic N) is 4. The summed E-state index contributed by atoms with van der Waals surface area (Å²) in [4.78, 5) is 13.3. The van der Waals surface area contributed by atoms with Crippen molar-refractivity contribution >= 4 is 28.8 Å². The smallest absolute Gasteiger partial charge is 0.322 e. The summed E-state index contributed by atoms with van der Waals surface area (Å²) in [5, 5.41) is 1.36. The standard InChI is InChI=1S/C14H20N4OS.ClH/c1-17-8-5-12(6-9-17)18(2)14-16-10-11-4-3-7-15-13(11)20(14)19;/h3-4,7,12H,5-6,8-10H2,1-2H3;1H. The van der Waals surface area contributed by atoms with Gasteiger partial charge >= 0.3 is 5.17 Å². The first-order valence-corrected chi connectivity index (χ1v) is 8.13. The van der Waals surface area contributed by atoms with E-state index >= 15 is 0 Å². The van der Waals surface area contributed by atoms with E-state index in [1.165, 1.54) is 0 Å². The van der Waals surface area contributed by atoms with Crippen molar-refractivity contribution in [3.8, 4) is 0 Å². The van der Waals surface area contributed by atoms with Crippen LogP contribution in [0.15, 0.2) is 28.3 Å². The predicted octanol–water partition coefficient (Wildman–Crippen LogP) is 1.51. The fourth-order valence-corrected chi connectivity index (χ4v) is 4.08. The molecule has 116 valence electrons. The Morgan fingerprint density at radius 2 is 2.10 bits per heavy atom. The summed E-state index contributed by atoms with van der Waals surface area (Å²) in [6.07, 6.45) is 3.89. The molecule has 1 aromatic rings. The van der Waals surface area contributed by atoms with Crippen molar-refractivity contribution in [2.45, 2.75) is 30.5 Å². The topological polar surface area (TPSA) is 54.8 Å². The molecule has 3 heterocycles. The zero-order valence-electron chi connectivity index (χ0n) is 12.4. The molecule has 0 saturated carbocycles. The van der Waals surface area contributed by atoms with E-state index < -0.39 is 11.2 Å². The minimum absolute atomic E-state index is 0. The van der Waals surface area contributed by atoms with E-state index in [0.29, 0.717) is 22.8 Å². The second-order valence-electron chi connectivity index (χ2n) is 5.48. The van der Waals surface area contributed by atoms with Crippen LogP contribution in [0.25, 0.3) is 0 Å². The van der Waals surface area contributed by atoms with Gasteiger partial charge in [-0.25, -0.2) is 9.98 Å². The highest BCUT2D eigenvalue weighted by Crippen LogP contribution is 2.25. The zero-order valence-corrected chi connectivity index (χ0v) is 14.0. The first-order chi connectivity index (χ1) is 9.66. The third-order valence-electron chi connectivity index (χ3n) is 4.11. The van der Waals surface area contributed by atoms with Crippen LogP contribution in [-0.4, -0.2) is 57.7 Å². The Morgan fingerprint density at radius 1 is 1.38 bits per heavy atom. The molecule has 1 saturated heterocycles. The Hall–Kier alpha value is -0.820. The molecule has 0 N–H and O–H groups in total. The molecular formula is C14H21ClN4OS. The Kier molecular flexibility index (Phi) is 5.48. The molecule has 1 aromatic heterocycles. The molecule has 0 radical (unpaired) electrons. The van der Waals surface area contributed by atoms with E-state index in [-0.39, 0.29) is 12.4 Å². The van der Waals surface area contributed by atoms with Crippen molar-refractivity contribution in [2.24, 2.45) is 4.99 Å². The molecule has 21 heavy (non-hydrogen) atoms. The van der Waals surface area contributed by atoms with Gasteiger partial charge in [0, 0.05) is 24.8 Å². The van der Waals surface area contributed by atoms with Gasteiger partial charge < -0.3 is 14.4 Å². The van der Waals surface area contributed by atoms with Crippen LogP contribution < -0.4 is 0 Å². The molecule has 1 atom stereocenters. The van der Waals surface area contributed by atoms with Gasteiger partial charge in [0.05, 0.1) is 17.7 Å². The second kappa shape index (κ2) is 6.96. The number of fused-ring (bicyclic) bond motifs is 1. The monoisotopic (exact) mass is 328 g/mol. The minimum Gasteiger partial charge on any atom is -0.603 e. The molecule has 7 heteroatoms. The van der Waals surface area contributed by atoms with Gasteiger partial charge in [-0.05, 0) is 45.1 Å². The molecule has 5 nitrogen and oxygen atoms in total. The summed E-state index contributed by atoms with van der Waals surface area (Å²) in [6.45, 7) is 2.76. The van der Waals surface area contributed by atoms with E-state index in [0.717, 1.165) is 31.5 Å². The molecule has 0 spiro atoms. The van der Waals surface area contributed by atoms with Gasteiger partial charge in [-0.1, -0.05) is 0 Å². The maximum atomic E-state index is 12.6. The van der Waals surface area contributed by atoms with Crippen LogP contribution in [0.1, 0.15) is 18.4 Å². The average molecular weight is 329 g/mol. The van der Waals surface area contributed by atoms with Gasteiger partial charge in [-0.15, -0.1) is 12.4 Å². The maximum Gasteiger partial charge on any atom is 0.322 e. The number of halogens is 1. The van der Waals surface area contributed by atoms with Gasteiger partial charge in [-0.3, -0.25) is 0 Å². The number of hydrogen-bond acceptors (Lipinski definition) is 5. The van der Waals surface area contributed by atoms with Gasteiger partial charge in [0.25, 0.3) is 5.03 Å². The SMILES string of the molecule is CN1CCC(N(C)C2=NCc3cccnc3[S+]2[O-])CC1.Cl. The molecular weight excluding hydrogens is 308 g/mol. The lowest BCUT2D eigenvalue weighted by Crippen LogP contribution is -2.47. The van der Waals surface area contributed by atoms with Crippen molar-refractivity contribution in [1.29, 1.82) is 0 Å². The lowest BCUT2D eigenvalue weighted by atomic mass is 10.0. The van der Waals surface area contributed by atoms with Crippen LogP contribution in [0.4, 0.5) is 0 Å². The molecule has 0 aliphatic carbocycles. The summed E-state index contributed by atoms with van der Waals surface area (Å²) in [6, 6.07) is 4.26. The Bertz CT molecular complexity index is 519. The van der Waals surface area contributed by atoms with Crippen LogP contribution >= 0.6 is 12.4 Å². The number of aromatic nitrogens is 1. The van der Waals surface area contributed by atoms with Crippen LogP contribution in [0.3, 0.4) is 0 Å². The molecule has 0 amide bonds. The van der Waals surface area contributed by atoms with Crippen molar-refractivity contribution in [3.63, 3.8) is 0 Å². The number of rotatable bonds is 1. The third kappa shape index (κ3) is 3.34. The number of pyridine rings is 1. The van der Waals surface area contributed by atoms with Crippen molar-refractivity contribution < 1.29 is 4.55 Å². The lowest BCUT2D eigenvalue weighted by Gasteiger charge is -2.36. The molecule has 3 rings (SSSR count). The summed E-state index contributed by atoms with van der Waals surface area (Å²) in [7, 11) is 4.16. The first-order valence-electron chi connectivity index (χ1n) is 6.98. The Morgan fingerprint density at radius 3 is 2.81 bits per heavy atom. The normalized spacial score (nSPS) is 23.0. The number of piperidine rings is 1. The van der Waals surface area contributed by atoms with Gasteiger partial charge in [-0.2, -0.15) is 0 Å². The number of hydrogen-bond donors (Lipinski definition) is 0. The van der Waals surface area contributed by atoms with Crippen molar-refractivity contribution in [1.82, 2.24) is 14.8 Å². The predicted molar refractivity (Wildman–Crippen MR) is 87.3 cm³/mol. The minimum atomic E-state index is -1.24. The summed E-state index contributed by atoms with van der Waals surface area (Å²) in [5.74, 6) is 0. The third-order valence-corrected chi connectivity index (χ3v) is 5.58. The highest BCUT2D eigenvalue weighted by Gasteiger charge is 2.35. The zero-order chi connectivity index (χ0) is 14.1. The van der Waals surface area contributed by atoms with Crippen LogP contribution in [0.5, 0.6) is 0 Å². The van der Waals surface area contributed by atoms with E-state index in [1.807, 2.05) is 19.2 Å². The van der Waals surface area contributed by atoms with Gasteiger partial charge in [0.2, 0.25) is 0 Å². The maximum absolute atomic E-state index is 12.6. The summed E-state index contributed by atoms with van der Waals surface area (Å²) < 4.78 is 12.6. The van der Waals surface area contributed by atoms with Crippen molar-refractivity contribution in [2.75, 3.05) is 27.2 Å². The molecule has 0 aromatic carbocycles.